The summed E-state index contributed by atoms with van der Waals surface area (Å²) in [7, 11) is 0. The SMILES string of the molecule is CSc1ccccc1OCC=CC(=O)O. The molecule has 0 fully saturated rings. The molecule has 3 nitrogen and oxygen atoms in total. The molecule has 0 unspecified atom stereocenters. The summed E-state index contributed by atoms with van der Waals surface area (Å²) in [6, 6.07) is 7.64. The molecule has 1 aromatic rings. The number of carbonyl (C=O) groups is 1. The minimum atomic E-state index is -0.961. The van der Waals surface area contributed by atoms with E-state index in [2.05, 4.69) is 0 Å². The summed E-state index contributed by atoms with van der Waals surface area (Å²) >= 11 is 1.59. The molecule has 15 heavy (non-hydrogen) atoms. The fraction of sp³-hybridized carbons (Fsp3) is 0.182. The van der Waals surface area contributed by atoms with Crippen molar-refractivity contribution in [3.63, 3.8) is 0 Å². The number of carboxylic acid groups (broad SMARTS) is 1. The van der Waals surface area contributed by atoms with Crippen molar-refractivity contribution in [1.82, 2.24) is 0 Å². The number of carboxylic acids is 1. The van der Waals surface area contributed by atoms with Gasteiger partial charge in [0, 0.05) is 11.0 Å². The topological polar surface area (TPSA) is 46.5 Å². The standard InChI is InChI=1S/C11H12O3S/c1-15-10-6-3-2-5-9(10)14-8-4-7-11(12)13/h2-7H,8H2,1H3,(H,12,13). The number of aliphatic carboxylic acids is 1. The van der Waals surface area contributed by atoms with Crippen molar-refractivity contribution in [3.05, 3.63) is 36.4 Å². The van der Waals surface area contributed by atoms with E-state index in [1.807, 2.05) is 30.5 Å². The van der Waals surface area contributed by atoms with Crippen LogP contribution in [-0.4, -0.2) is 23.9 Å². The minimum absolute atomic E-state index is 0.268. The average molecular weight is 224 g/mol. The van der Waals surface area contributed by atoms with Crippen molar-refractivity contribution in [2.45, 2.75) is 4.90 Å². The maximum Gasteiger partial charge on any atom is 0.328 e. The van der Waals surface area contributed by atoms with Crippen LogP contribution in [0.3, 0.4) is 0 Å². The van der Waals surface area contributed by atoms with Gasteiger partial charge in [0.2, 0.25) is 0 Å². The minimum Gasteiger partial charge on any atom is -0.488 e. The second kappa shape index (κ2) is 6.14. The molecular formula is C11H12O3S. The van der Waals surface area contributed by atoms with Gasteiger partial charge < -0.3 is 9.84 Å². The Morgan fingerprint density at radius 3 is 2.93 bits per heavy atom. The summed E-state index contributed by atoms with van der Waals surface area (Å²) in [5, 5.41) is 8.36. The Balaban J connectivity index is 2.53. The number of ether oxygens (including phenoxy) is 1. The molecule has 1 rings (SSSR count). The summed E-state index contributed by atoms with van der Waals surface area (Å²) in [6.45, 7) is 0.268. The smallest absolute Gasteiger partial charge is 0.328 e. The third kappa shape index (κ3) is 4.08. The van der Waals surface area contributed by atoms with Gasteiger partial charge >= 0.3 is 5.97 Å². The maximum atomic E-state index is 10.2. The average Bonchev–Trinajstić information content (AvgIpc) is 2.24. The van der Waals surface area contributed by atoms with E-state index in [9.17, 15) is 4.79 Å². The number of hydrogen-bond donors (Lipinski definition) is 1. The van der Waals surface area contributed by atoms with Gasteiger partial charge in [-0.3, -0.25) is 0 Å². The van der Waals surface area contributed by atoms with Crippen molar-refractivity contribution in [2.24, 2.45) is 0 Å². The zero-order chi connectivity index (χ0) is 11.1. The van der Waals surface area contributed by atoms with Crippen molar-refractivity contribution < 1.29 is 14.6 Å². The molecule has 1 N–H and O–H groups in total. The number of thioether (sulfide) groups is 1. The van der Waals surface area contributed by atoms with E-state index in [0.717, 1.165) is 16.7 Å². The van der Waals surface area contributed by atoms with Crippen molar-refractivity contribution in [2.75, 3.05) is 12.9 Å². The Hall–Kier alpha value is -1.42. The van der Waals surface area contributed by atoms with E-state index < -0.39 is 5.97 Å². The molecule has 0 saturated carbocycles. The molecule has 0 heterocycles. The van der Waals surface area contributed by atoms with Gasteiger partial charge in [-0.1, -0.05) is 12.1 Å². The highest BCUT2D eigenvalue weighted by atomic mass is 32.2. The van der Waals surface area contributed by atoms with Gasteiger partial charge in [0.1, 0.15) is 12.4 Å². The molecular weight excluding hydrogens is 212 g/mol. The van der Waals surface area contributed by atoms with E-state index in [-0.39, 0.29) is 6.61 Å². The van der Waals surface area contributed by atoms with Gasteiger partial charge in [-0.2, -0.15) is 0 Å². The Morgan fingerprint density at radius 2 is 2.27 bits per heavy atom. The normalized spacial score (nSPS) is 10.5. The highest BCUT2D eigenvalue weighted by Crippen LogP contribution is 2.26. The molecule has 0 radical (unpaired) electrons. The molecule has 4 heteroatoms. The van der Waals surface area contributed by atoms with Gasteiger partial charge in [-0.25, -0.2) is 4.79 Å². The molecule has 0 aromatic heterocycles. The fourth-order valence-corrected chi connectivity index (χ4v) is 1.57. The first-order valence-electron chi connectivity index (χ1n) is 4.39. The van der Waals surface area contributed by atoms with Crippen LogP contribution >= 0.6 is 11.8 Å². The highest BCUT2D eigenvalue weighted by molar-refractivity contribution is 7.98. The number of rotatable bonds is 5. The first-order chi connectivity index (χ1) is 7.24. The first kappa shape index (κ1) is 11.7. The lowest BCUT2D eigenvalue weighted by Gasteiger charge is -2.06. The monoisotopic (exact) mass is 224 g/mol. The van der Waals surface area contributed by atoms with E-state index in [1.54, 1.807) is 11.8 Å². The van der Waals surface area contributed by atoms with Crippen LogP contribution in [-0.2, 0) is 4.79 Å². The van der Waals surface area contributed by atoms with Gasteiger partial charge in [0.05, 0.1) is 0 Å². The number of benzene rings is 1. The zero-order valence-corrected chi connectivity index (χ0v) is 9.16. The van der Waals surface area contributed by atoms with E-state index in [4.69, 9.17) is 9.84 Å². The summed E-state index contributed by atoms with van der Waals surface area (Å²) < 4.78 is 5.41. The van der Waals surface area contributed by atoms with Crippen LogP contribution in [0, 0.1) is 0 Å². The third-order valence-corrected chi connectivity index (χ3v) is 2.44. The number of para-hydroxylation sites is 1. The summed E-state index contributed by atoms with van der Waals surface area (Å²) in [5.74, 6) is -0.184. The molecule has 0 bridgehead atoms. The molecule has 0 aliphatic heterocycles. The first-order valence-corrected chi connectivity index (χ1v) is 5.62. The Kier molecular flexibility index (Phi) is 4.77. The van der Waals surface area contributed by atoms with E-state index in [0.29, 0.717) is 0 Å². The molecule has 0 spiro atoms. The van der Waals surface area contributed by atoms with Gasteiger partial charge in [0.25, 0.3) is 0 Å². The van der Waals surface area contributed by atoms with Gasteiger partial charge in [-0.05, 0) is 24.5 Å². The highest BCUT2D eigenvalue weighted by Gasteiger charge is 1.99. The van der Waals surface area contributed by atoms with Crippen LogP contribution in [0.1, 0.15) is 0 Å². The maximum absolute atomic E-state index is 10.2. The van der Waals surface area contributed by atoms with Gasteiger partial charge in [0.15, 0.2) is 0 Å². The number of hydrogen-bond acceptors (Lipinski definition) is 3. The molecule has 0 aliphatic rings. The lowest BCUT2D eigenvalue weighted by Crippen LogP contribution is -1.96. The second-order valence-corrected chi connectivity index (χ2v) is 3.55. The van der Waals surface area contributed by atoms with Crippen LogP contribution in [0.25, 0.3) is 0 Å². The van der Waals surface area contributed by atoms with Crippen molar-refractivity contribution >= 4 is 17.7 Å². The molecule has 80 valence electrons. The quantitative estimate of drug-likeness (QED) is 0.616. The second-order valence-electron chi connectivity index (χ2n) is 2.70. The van der Waals surface area contributed by atoms with Gasteiger partial charge in [-0.15, -0.1) is 11.8 Å². The fourth-order valence-electron chi connectivity index (χ4n) is 1.02. The summed E-state index contributed by atoms with van der Waals surface area (Å²) in [4.78, 5) is 11.2. The van der Waals surface area contributed by atoms with Crippen LogP contribution in [0.15, 0.2) is 41.3 Å². The summed E-state index contributed by atoms with van der Waals surface area (Å²) in [6.07, 6.45) is 4.51. The molecule has 0 amide bonds. The zero-order valence-electron chi connectivity index (χ0n) is 8.34. The summed E-state index contributed by atoms with van der Waals surface area (Å²) in [5.41, 5.74) is 0. The largest absolute Gasteiger partial charge is 0.488 e. The Labute approximate surface area is 92.8 Å². The predicted molar refractivity (Wildman–Crippen MR) is 60.5 cm³/mol. The Morgan fingerprint density at radius 1 is 1.53 bits per heavy atom. The lowest BCUT2D eigenvalue weighted by atomic mass is 10.3. The predicted octanol–water partition coefficient (Wildman–Crippen LogP) is 2.43. The van der Waals surface area contributed by atoms with E-state index in [1.165, 1.54) is 6.08 Å². The van der Waals surface area contributed by atoms with Crippen LogP contribution in [0.5, 0.6) is 5.75 Å². The van der Waals surface area contributed by atoms with Crippen LogP contribution in [0.2, 0.25) is 0 Å². The van der Waals surface area contributed by atoms with Crippen molar-refractivity contribution in [3.8, 4) is 5.75 Å². The molecule has 0 atom stereocenters. The molecule has 0 aliphatic carbocycles. The van der Waals surface area contributed by atoms with Crippen LogP contribution in [0.4, 0.5) is 0 Å². The molecule has 1 aromatic carbocycles. The lowest BCUT2D eigenvalue weighted by molar-refractivity contribution is -0.131. The van der Waals surface area contributed by atoms with Crippen molar-refractivity contribution in [1.29, 1.82) is 0 Å². The molecule has 0 saturated heterocycles. The van der Waals surface area contributed by atoms with Crippen LogP contribution < -0.4 is 4.74 Å². The van der Waals surface area contributed by atoms with E-state index >= 15 is 0 Å². The Bertz CT molecular complexity index is 361. The third-order valence-electron chi connectivity index (χ3n) is 1.66.